The highest BCUT2D eigenvalue weighted by Gasteiger charge is 2.66. The maximum Gasteiger partial charge on any atom is 0.238 e. The van der Waals surface area contributed by atoms with Gasteiger partial charge >= 0.3 is 0 Å². The van der Waals surface area contributed by atoms with Crippen molar-refractivity contribution in [1.82, 2.24) is 0 Å². The second kappa shape index (κ2) is 5.46. The molecule has 0 aromatic heterocycles. The molecule has 23 heavy (non-hydrogen) atoms. The van der Waals surface area contributed by atoms with Crippen molar-refractivity contribution in [2.24, 2.45) is 23.7 Å². The molecular formula is C16H14Br2ClNO3. The van der Waals surface area contributed by atoms with Crippen LogP contribution in [0.5, 0.6) is 5.75 Å². The van der Waals surface area contributed by atoms with Crippen molar-refractivity contribution in [2.45, 2.75) is 16.1 Å². The van der Waals surface area contributed by atoms with Crippen molar-refractivity contribution in [1.29, 1.82) is 0 Å². The number of amides is 2. The molecular weight excluding hydrogens is 449 g/mol. The molecule has 0 unspecified atom stereocenters. The third-order valence-electron chi connectivity index (χ3n) is 5.37. The Kier molecular flexibility index (Phi) is 3.78. The number of ether oxygens (including phenoxy) is 1. The Morgan fingerprint density at radius 2 is 1.70 bits per heavy atom. The predicted molar refractivity (Wildman–Crippen MR) is 94.5 cm³/mol. The monoisotopic (exact) mass is 461 g/mol. The van der Waals surface area contributed by atoms with E-state index < -0.39 is 0 Å². The van der Waals surface area contributed by atoms with Gasteiger partial charge in [-0.2, -0.15) is 0 Å². The molecule has 7 heteroatoms. The van der Waals surface area contributed by atoms with Gasteiger partial charge in [0.15, 0.2) is 0 Å². The third-order valence-corrected chi connectivity index (χ3v) is 8.81. The van der Waals surface area contributed by atoms with Gasteiger partial charge in [0.2, 0.25) is 11.8 Å². The van der Waals surface area contributed by atoms with E-state index in [1.807, 2.05) is 0 Å². The molecule has 3 fully saturated rings. The average molecular weight is 464 g/mol. The fourth-order valence-corrected chi connectivity index (χ4v) is 6.46. The molecule has 0 spiro atoms. The lowest BCUT2D eigenvalue weighted by Gasteiger charge is -2.28. The molecule has 1 aromatic rings. The van der Waals surface area contributed by atoms with Crippen LogP contribution in [0.2, 0.25) is 5.02 Å². The van der Waals surface area contributed by atoms with Crippen LogP contribution in [0.1, 0.15) is 6.42 Å². The zero-order valence-electron chi connectivity index (χ0n) is 12.2. The maximum atomic E-state index is 13.0. The highest BCUT2D eigenvalue weighted by molar-refractivity contribution is 9.12. The van der Waals surface area contributed by atoms with E-state index >= 15 is 0 Å². The van der Waals surface area contributed by atoms with E-state index in [0.29, 0.717) is 16.5 Å². The minimum atomic E-state index is -0.241. The first-order chi connectivity index (χ1) is 11.0. The van der Waals surface area contributed by atoms with Crippen LogP contribution in [0.15, 0.2) is 18.2 Å². The van der Waals surface area contributed by atoms with E-state index in [1.165, 1.54) is 12.0 Å². The lowest BCUT2D eigenvalue weighted by molar-refractivity contribution is -0.123. The van der Waals surface area contributed by atoms with Gasteiger partial charge in [0.05, 0.1) is 24.6 Å². The molecule has 1 aromatic carbocycles. The Bertz CT molecular complexity index is 681. The van der Waals surface area contributed by atoms with Gasteiger partial charge in [-0.25, -0.2) is 4.90 Å². The SMILES string of the molecule is COc1ccc(Cl)cc1N1C(=O)[C@H]2[C@H]3C[C@@H]([C@@H](Br)[C@@H]3Br)[C@@H]2C1=O. The molecule has 1 aliphatic heterocycles. The van der Waals surface area contributed by atoms with Crippen molar-refractivity contribution < 1.29 is 14.3 Å². The molecule has 2 bridgehead atoms. The minimum Gasteiger partial charge on any atom is -0.495 e. The molecule has 1 saturated heterocycles. The average Bonchev–Trinajstić information content (AvgIpc) is 3.12. The van der Waals surface area contributed by atoms with Gasteiger partial charge in [-0.1, -0.05) is 43.5 Å². The summed E-state index contributed by atoms with van der Waals surface area (Å²) in [4.78, 5) is 27.7. The van der Waals surface area contributed by atoms with E-state index in [1.54, 1.807) is 18.2 Å². The first kappa shape index (κ1) is 15.9. The number of imide groups is 1. The summed E-state index contributed by atoms with van der Waals surface area (Å²) in [6.07, 6.45) is 0.916. The number of anilines is 1. The molecule has 2 aliphatic carbocycles. The van der Waals surface area contributed by atoms with E-state index in [0.717, 1.165) is 6.42 Å². The van der Waals surface area contributed by atoms with Crippen LogP contribution in [-0.4, -0.2) is 28.6 Å². The molecule has 0 radical (unpaired) electrons. The maximum absolute atomic E-state index is 13.0. The van der Waals surface area contributed by atoms with Gasteiger partial charge in [-0.3, -0.25) is 9.59 Å². The van der Waals surface area contributed by atoms with Gasteiger partial charge in [0.1, 0.15) is 5.75 Å². The number of benzene rings is 1. The number of carbonyl (C=O) groups excluding carboxylic acids is 2. The Morgan fingerprint density at radius 3 is 2.22 bits per heavy atom. The number of methoxy groups -OCH3 is 1. The number of hydrogen-bond donors (Lipinski definition) is 0. The fourth-order valence-electron chi connectivity index (χ4n) is 4.42. The highest BCUT2D eigenvalue weighted by atomic mass is 79.9. The molecule has 4 rings (SSSR count). The summed E-state index contributed by atoms with van der Waals surface area (Å²) >= 11 is 13.4. The van der Waals surface area contributed by atoms with E-state index in [-0.39, 0.29) is 45.1 Å². The molecule has 0 N–H and O–H groups in total. The summed E-state index contributed by atoms with van der Waals surface area (Å²) in [7, 11) is 1.52. The van der Waals surface area contributed by atoms with Gasteiger partial charge in [-0.15, -0.1) is 0 Å². The molecule has 4 nitrogen and oxygen atoms in total. The smallest absolute Gasteiger partial charge is 0.238 e. The first-order valence-electron chi connectivity index (χ1n) is 7.45. The number of halogens is 3. The van der Waals surface area contributed by atoms with Crippen LogP contribution in [0, 0.1) is 23.7 Å². The summed E-state index contributed by atoms with van der Waals surface area (Å²) in [5.74, 6) is 0.133. The topological polar surface area (TPSA) is 46.6 Å². The number of hydrogen-bond acceptors (Lipinski definition) is 3. The molecule has 122 valence electrons. The zero-order chi connectivity index (χ0) is 16.5. The Morgan fingerprint density at radius 1 is 1.13 bits per heavy atom. The Hall–Kier alpha value is -0.590. The summed E-state index contributed by atoms with van der Waals surface area (Å²) in [5.41, 5.74) is 0.445. The fraction of sp³-hybridized carbons (Fsp3) is 0.500. The number of fused-ring (bicyclic) bond motifs is 5. The lowest BCUT2D eigenvalue weighted by atomic mass is 9.81. The van der Waals surface area contributed by atoms with Crippen LogP contribution < -0.4 is 9.64 Å². The number of alkyl halides is 2. The largest absolute Gasteiger partial charge is 0.495 e. The van der Waals surface area contributed by atoms with Gasteiger partial charge in [0.25, 0.3) is 0 Å². The molecule has 6 atom stereocenters. The summed E-state index contributed by atoms with van der Waals surface area (Å²) < 4.78 is 5.32. The summed E-state index contributed by atoms with van der Waals surface area (Å²) in [6, 6.07) is 4.99. The van der Waals surface area contributed by atoms with Crippen LogP contribution in [-0.2, 0) is 9.59 Å². The Labute approximate surface area is 155 Å². The van der Waals surface area contributed by atoms with Crippen molar-refractivity contribution in [3.63, 3.8) is 0 Å². The van der Waals surface area contributed by atoms with Crippen LogP contribution >= 0.6 is 43.5 Å². The second-order valence-corrected chi connectivity index (χ2v) is 8.88. The molecule has 1 heterocycles. The van der Waals surface area contributed by atoms with Gasteiger partial charge < -0.3 is 4.74 Å². The zero-order valence-corrected chi connectivity index (χ0v) is 16.1. The summed E-state index contributed by atoms with van der Waals surface area (Å²) in [5, 5.41) is 0.471. The standard InChI is InChI=1S/C16H14Br2ClNO3/c1-23-10-3-2-6(19)4-9(10)20-15(21)11-7-5-8(12(11)16(20)22)14(18)13(7)17/h2-4,7-8,11-14H,5H2,1H3/t7-,8-,11+,12+,13-,14-/m1/s1. The lowest BCUT2D eigenvalue weighted by Crippen LogP contribution is -2.37. The van der Waals surface area contributed by atoms with Crippen LogP contribution in [0.4, 0.5) is 5.69 Å². The number of rotatable bonds is 2. The van der Waals surface area contributed by atoms with E-state index in [2.05, 4.69) is 31.9 Å². The van der Waals surface area contributed by atoms with E-state index in [9.17, 15) is 9.59 Å². The number of carbonyl (C=O) groups is 2. The van der Waals surface area contributed by atoms with Crippen molar-refractivity contribution in [3.05, 3.63) is 23.2 Å². The number of nitrogens with zero attached hydrogens (tertiary/aromatic N) is 1. The summed E-state index contributed by atoms with van der Waals surface area (Å²) in [6.45, 7) is 0. The van der Waals surface area contributed by atoms with Crippen LogP contribution in [0.3, 0.4) is 0 Å². The quantitative estimate of drug-likeness (QED) is 0.497. The van der Waals surface area contributed by atoms with Crippen LogP contribution in [0.25, 0.3) is 0 Å². The van der Waals surface area contributed by atoms with Gasteiger partial charge in [-0.05, 0) is 36.5 Å². The minimum absolute atomic E-state index is 0.128. The van der Waals surface area contributed by atoms with Crippen molar-refractivity contribution in [3.8, 4) is 5.75 Å². The third kappa shape index (κ3) is 2.07. The molecule has 2 amide bonds. The van der Waals surface area contributed by atoms with E-state index in [4.69, 9.17) is 16.3 Å². The Balaban J connectivity index is 1.78. The van der Waals surface area contributed by atoms with Crippen molar-refractivity contribution in [2.75, 3.05) is 12.0 Å². The molecule has 3 aliphatic rings. The molecule has 2 saturated carbocycles. The highest BCUT2D eigenvalue weighted by Crippen LogP contribution is 2.60. The first-order valence-corrected chi connectivity index (χ1v) is 9.66. The normalized spacial score (nSPS) is 38.3. The van der Waals surface area contributed by atoms with Crippen molar-refractivity contribution >= 4 is 61.0 Å². The van der Waals surface area contributed by atoms with Gasteiger partial charge in [0, 0.05) is 14.7 Å². The predicted octanol–water partition coefficient (Wildman–Crippen LogP) is 3.63. The second-order valence-electron chi connectivity index (χ2n) is 6.33.